The van der Waals surface area contributed by atoms with E-state index in [2.05, 4.69) is 0 Å². The van der Waals surface area contributed by atoms with Crippen molar-refractivity contribution in [3.05, 3.63) is 34.9 Å². The Bertz CT molecular complexity index is 511. The van der Waals surface area contributed by atoms with E-state index in [1.54, 1.807) is 18.2 Å². The normalized spacial score (nSPS) is 14.2. The summed E-state index contributed by atoms with van der Waals surface area (Å²) in [4.78, 5) is 24.9. The fourth-order valence-corrected chi connectivity index (χ4v) is 1.83. The van der Waals surface area contributed by atoms with Crippen molar-refractivity contribution in [2.75, 3.05) is 6.54 Å². The zero-order valence-electron chi connectivity index (χ0n) is 8.69. The maximum Gasteiger partial charge on any atom is 0.261 e. The number of benzene rings is 1. The number of nitrogens with zero attached hydrogens (tertiary/aromatic N) is 1. The van der Waals surface area contributed by atoms with Crippen molar-refractivity contribution >= 4 is 29.0 Å². The predicted molar refractivity (Wildman–Crippen MR) is 63.3 cm³/mol. The summed E-state index contributed by atoms with van der Waals surface area (Å²) in [5.41, 5.74) is 7.14. The van der Waals surface area contributed by atoms with Crippen molar-refractivity contribution in [2.45, 2.75) is 6.92 Å². The highest BCUT2D eigenvalue weighted by atomic mass is 32.1. The molecular weight excluding hydrogens is 224 g/mol. The van der Waals surface area contributed by atoms with Gasteiger partial charge in [-0.3, -0.25) is 14.5 Å². The van der Waals surface area contributed by atoms with Gasteiger partial charge >= 0.3 is 0 Å². The number of hydrogen-bond acceptors (Lipinski definition) is 3. The van der Waals surface area contributed by atoms with Gasteiger partial charge in [0.25, 0.3) is 11.8 Å². The molecule has 1 heterocycles. The Hall–Kier alpha value is -1.75. The van der Waals surface area contributed by atoms with Gasteiger partial charge in [0.15, 0.2) is 0 Å². The van der Waals surface area contributed by atoms with E-state index in [0.717, 1.165) is 10.5 Å². The van der Waals surface area contributed by atoms with Gasteiger partial charge in [0.2, 0.25) is 0 Å². The smallest absolute Gasteiger partial charge is 0.261 e. The van der Waals surface area contributed by atoms with Crippen LogP contribution in [0.4, 0.5) is 0 Å². The molecule has 16 heavy (non-hydrogen) atoms. The van der Waals surface area contributed by atoms with Gasteiger partial charge in [-0.05, 0) is 19.1 Å². The average molecular weight is 234 g/mol. The van der Waals surface area contributed by atoms with Crippen LogP contribution in [-0.4, -0.2) is 28.2 Å². The van der Waals surface area contributed by atoms with Crippen molar-refractivity contribution < 1.29 is 9.59 Å². The van der Waals surface area contributed by atoms with Gasteiger partial charge in [-0.2, -0.15) is 0 Å². The van der Waals surface area contributed by atoms with Crippen molar-refractivity contribution in [1.29, 1.82) is 0 Å². The average Bonchev–Trinajstić information content (AvgIpc) is 2.43. The van der Waals surface area contributed by atoms with E-state index < -0.39 is 0 Å². The lowest BCUT2D eigenvalue weighted by molar-refractivity contribution is 0.0678. The van der Waals surface area contributed by atoms with Gasteiger partial charge < -0.3 is 5.73 Å². The van der Waals surface area contributed by atoms with Crippen molar-refractivity contribution in [1.82, 2.24) is 4.90 Å². The summed E-state index contributed by atoms with van der Waals surface area (Å²) in [5, 5.41) is 0. The first-order chi connectivity index (χ1) is 7.50. The molecule has 0 radical (unpaired) electrons. The van der Waals surface area contributed by atoms with Crippen LogP contribution in [0.2, 0.25) is 0 Å². The van der Waals surface area contributed by atoms with Gasteiger partial charge in [0.1, 0.15) is 0 Å². The number of fused-ring (bicyclic) bond motifs is 1. The van der Waals surface area contributed by atoms with Crippen LogP contribution in [0.15, 0.2) is 18.2 Å². The van der Waals surface area contributed by atoms with E-state index in [0.29, 0.717) is 11.1 Å². The second-order valence-corrected chi connectivity index (χ2v) is 4.24. The second kappa shape index (κ2) is 3.68. The molecule has 0 saturated heterocycles. The number of thiocarbonyl (C=S) groups is 1. The largest absolute Gasteiger partial charge is 0.392 e. The number of carbonyl (C=O) groups excluding carboxylic acids is 2. The van der Waals surface area contributed by atoms with Crippen LogP contribution in [0.25, 0.3) is 0 Å². The molecule has 4 nitrogen and oxygen atoms in total. The van der Waals surface area contributed by atoms with E-state index in [4.69, 9.17) is 18.0 Å². The molecule has 0 aliphatic carbocycles. The lowest BCUT2D eigenvalue weighted by Gasteiger charge is -2.11. The first-order valence-corrected chi connectivity index (χ1v) is 5.16. The number of aryl methyl sites for hydroxylation is 1. The highest BCUT2D eigenvalue weighted by Crippen LogP contribution is 2.23. The fraction of sp³-hybridized carbons (Fsp3) is 0.182. The van der Waals surface area contributed by atoms with Gasteiger partial charge in [-0.25, -0.2) is 0 Å². The molecule has 0 aromatic heterocycles. The van der Waals surface area contributed by atoms with Crippen LogP contribution < -0.4 is 5.73 Å². The summed E-state index contributed by atoms with van der Waals surface area (Å²) >= 11 is 4.71. The van der Waals surface area contributed by atoms with Crippen LogP contribution >= 0.6 is 12.2 Å². The summed E-state index contributed by atoms with van der Waals surface area (Å²) < 4.78 is 0. The maximum atomic E-state index is 11.9. The standard InChI is InChI=1S/C11H10N2O2S/c1-6-2-3-7-8(4-6)11(15)13(10(7)14)5-9(12)16/h2-4H,5H2,1H3,(H2,12,16). The molecule has 1 aromatic rings. The lowest BCUT2D eigenvalue weighted by Crippen LogP contribution is -2.36. The third-order valence-electron chi connectivity index (χ3n) is 2.44. The number of hydrogen-bond donors (Lipinski definition) is 1. The Morgan fingerprint density at radius 2 is 1.94 bits per heavy atom. The number of amides is 2. The Kier molecular flexibility index (Phi) is 2.47. The summed E-state index contributed by atoms with van der Waals surface area (Å²) in [7, 11) is 0. The molecule has 1 aliphatic heterocycles. The molecule has 2 amide bonds. The first kappa shape index (κ1) is 10.8. The minimum absolute atomic E-state index is 0.000722. The SMILES string of the molecule is Cc1ccc2c(c1)C(=O)N(CC(N)=S)C2=O. The van der Waals surface area contributed by atoms with E-state index >= 15 is 0 Å². The summed E-state index contributed by atoms with van der Waals surface area (Å²) in [6.45, 7) is 1.87. The Morgan fingerprint density at radius 1 is 1.31 bits per heavy atom. The molecule has 0 unspecified atom stereocenters. The zero-order chi connectivity index (χ0) is 11.9. The molecule has 1 aromatic carbocycles. The quantitative estimate of drug-likeness (QED) is 0.609. The van der Waals surface area contributed by atoms with E-state index in [9.17, 15) is 9.59 Å². The number of carbonyl (C=O) groups is 2. The third-order valence-corrected chi connectivity index (χ3v) is 2.57. The molecule has 2 rings (SSSR count). The molecule has 0 spiro atoms. The molecule has 0 fully saturated rings. The first-order valence-electron chi connectivity index (χ1n) is 4.76. The molecule has 0 saturated carbocycles. The minimum Gasteiger partial charge on any atom is -0.392 e. The monoisotopic (exact) mass is 234 g/mol. The Labute approximate surface area is 98.0 Å². The molecule has 0 bridgehead atoms. The van der Waals surface area contributed by atoms with Gasteiger partial charge in [0, 0.05) is 0 Å². The van der Waals surface area contributed by atoms with Crippen LogP contribution in [-0.2, 0) is 0 Å². The summed E-state index contributed by atoms with van der Waals surface area (Å²) in [6.07, 6.45) is 0. The van der Waals surface area contributed by atoms with E-state index in [-0.39, 0.29) is 23.3 Å². The summed E-state index contributed by atoms with van der Waals surface area (Å²) in [6, 6.07) is 5.16. The number of rotatable bonds is 2. The molecular formula is C11H10N2O2S. The van der Waals surface area contributed by atoms with Crippen LogP contribution in [0.1, 0.15) is 26.3 Å². The van der Waals surface area contributed by atoms with Crippen LogP contribution in [0.5, 0.6) is 0 Å². The minimum atomic E-state index is -0.326. The van der Waals surface area contributed by atoms with Crippen molar-refractivity contribution in [3.8, 4) is 0 Å². The zero-order valence-corrected chi connectivity index (χ0v) is 9.50. The predicted octanol–water partition coefficient (Wildman–Crippen LogP) is 0.877. The highest BCUT2D eigenvalue weighted by Gasteiger charge is 2.35. The molecule has 82 valence electrons. The lowest BCUT2D eigenvalue weighted by atomic mass is 10.1. The third kappa shape index (κ3) is 1.59. The fourth-order valence-electron chi connectivity index (χ4n) is 1.70. The maximum absolute atomic E-state index is 11.9. The van der Waals surface area contributed by atoms with Gasteiger partial charge in [-0.1, -0.05) is 23.8 Å². The van der Waals surface area contributed by atoms with Crippen LogP contribution in [0, 0.1) is 6.92 Å². The van der Waals surface area contributed by atoms with Crippen molar-refractivity contribution in [2.24, 2.45) is 5.73 Å². The molecule has 2 N–H and O–H groups in total. The van der Waals surface area contributed by atoms with E-state index in [1.165, 1.54) is 0 Å². The molecule has 1 aliphatic rings. The van der Waals surface area contributed by atoms with E-state index in [1.807, 2.05) is 6.92 Å². The summed E-state index contributed by atoms with van der Waals surface area (Å²) in [5.74, 6) is -0.649. The Balaban J connectivity index is 2.44. The van der Waals surface area contributed by atoms with Crippen LogP contribution in [0.3, 0.4) is 0 Å². The second-order valence-electron chi connectivity index (χ2n) is 3.71. The van der Waals surface area contributed by atoms with Gasteiger partial charge in [-0.15, -0.1) is 0 Å². The Morgan fingerprint density at radius 3 is 2.56 bits per heavy atom. The number of imide groups is 1. The van der Waals surface area contributed by atoms with Crippen molar-refractivity contribution in [3.63, 3.8) is 0 Å². The molecule has 5 heteroatoms. The highest BCUT2D eigenvalue weighted by molar-refractivity contribution is 7.80. The molecule has 0 atom stereocenters. The number of nitrogens with two attached hydrogens (primary N) is 1. The van der Waals surface area contributed by atoms with Gasteiger partial charge in [0.05, 0.1) is 22.7 Å². The topological polar surface area (TPSA) is 63.4 Å².